The van der Waals surface area contributed by atoms with E-state index in [0.717, 1.165) is 30.5 Å². The van der Waals surface area contributed by atoms with Crippen molar-refractivity contribution in [3.8, 4) is 0 Å². The molecule has 2 aliphatic heterocycles. The van der Waals surface area contributed by atoms with Crippen LogP contribution in [0.25, 0.3) is 0 Å². The van der Waals surface area contributed by atoms with Crippen LogP contribution in [0.5, 0.6) is 0 Å². The molecule has 2 atom stereocenters. The number of hydrogen-bond acceptors (Lipinski definition) is 2. The minimum absolute atomic E-state index is 0.761. The molecule has 0 aromatic rings. The molecule has 2 saturated heterocycles. The molecule has 3 fully saturated rings. The number of piperidine rings is 1. The lowest BCUT2D eigenvalue weighted by Gasteiger charge is -2.28. The van der Waals surface area contributed by atoms with Crippen LogP contribution in [0.4, 0.5) is 0 Å². The van der Waals surface area contributed by atoms with Gasteiger partial charge in [0.05, 0.1) is 0 Å². The van der Waals surface area contributed by atoms with Gasteiger partial charge in [0.2, 0.25) is 0 Å². The molecule has 0 bridgehead atoms. The van der Waals surface area contributed by atoms with E-state index in [0.29, 0.717) is 0 Å². The zero-order valence-corrected chi connectivity index (χ0v) is 8.93. The van der Waals surface area contributed by atoms with Crippen molar-refractivity contribution >= 4 is 0 Å². The van der Waals surface area contributed by atoms with E-state index in [2.05, 4.69) is 5.32 Å². The third-order valence-corrected chi connectivity index (χ3v) is 4.62. The molecule has 1 spiro atoms. The van der Waals surface area contributed by atoms with E-state index in [1.807, 2.05) is 0 Å². The maximum absolute atomic E-state index is 5.60. The second kappa shape index (κ2) is 3.49. The van der Waals surface area contributed by atoms with Gasteiger partial charge in [-0.1, -0.05) is 0 Å². The molecule has 2 unspecified atom stereocenters. The van der Waals surface area contributed by atoms with Crippen LogP contribution < -0.4 is 5.32 Å². The molecule has 3 rings (SSSR count). The van der Waals surface area contributed by atoms with Crippen LogP contribution in [-0.2, 0) is 4.74 Å². The monoisotopic (exact) mass is 195 g/mol. The Kier molecular flexibility index (Phi) is 2.29. The van der Waals surface area contributed by atoms with Gasteiger partial charge in [-0.3, -0.25) is 0 Å². The van der Waals surface area contributed by atoms with E-state index in [-0.39, 0.29) is 0 Å². The van der Waals surface area contributed by atoms with Crippen molar-refractivity contribution in [2.45, 2.75) is 32.1 Å². The fraction of sp³-hybridized carbons (Fsp3) is 1.00. The van der Waals surface area contributed by atoms with Gasteiger partial charge in [-0.25, -0.2) is 0 Å². The predicted molar refractivity (Wildman–Crippen MR) is 56.2 cm³/mol. The van der Waals surface area contributed by atoms with Crippen LogP contribution in [0.1, 0.15) is 32.1 Å². The molecule has 0 aromatic heterocycles. The van der Waals surface area contributed by atoms with Crippen LogP contribution in [0.2, 0.25) is 0 Å². The van der Waals surface area contributed by atoms with Crippen LogP contribution >= 0.6 is 0 Å². The van der Waals surface area contributed by atoms with Crippen LogP contribution in [0.3, 0.4) is 0 Å². The van der Waals surface area contributed by atoms with E-state index in [4.69, 9.17) is 4.74 Å². The summed E-state index contributed by atoms with van der Waals surface area (Å²) in [5, 5.41) is 3.47. The fourth-order valence-corrected chi connectivity index (χ4v) is 3.63. The summed E-state index contributed by atoms with van der Waals surface area (Å²) in [6, 6.07) is 0. The summed E-state index contributed by atoms with van der Waals surface area (Å²) in [6.45, 7) is 4.58. The quantitative estimate of drug-likeness (QED) is 0.689. The number of ether oxygens (including phenoxy) is 1. The van der Waals surface area contributed by atoms with Gasteiger partial charge in [-0.15, -0.1) is 0 Å². The Bertz CT molecular complexity index is 204. The van der Waals surface area contributed by atoms with Crippen molar-refractivity contribution in [1.82, 2.24) is 5.32 Å². The summed E-state index contributed by atoms with van der Waals surface area (Å²) >= 11 is 0. The average Bonchev–Trinajstić information content (AvgIpc) is 2.95. The Labute approximate surface area is 86.4 Å². The molecule has 1 saturated carbocycles. The van der Waals surface area contributed by atoms with Gasteiger partial charge < -0.3 is 10.1 Å². The molecule has 80 valence electrons. The zero-order valence-electron chi connectivity index (χ0n) is 8.93. The number of hydrogen-bond donors (Lipinski definition) is 1. The van der Waals surface area contributed by atoms with Crippen molar-refractivity contribution in [2.75, 3.05) is 26.3 Å². The van der Waals surface area contributed by atoms with Gasteiger partial charge in [0, 0.05) is 13.2 Å². The Hall–Kier alpha value is -0.0800. The SMILES string of the molecule is C1COCC(C2CC23CCNCC3)C1. The first kappa shape index (κ1) is 9.17. The third kappa shape index (κ3) is 1.49. The first-order chi connectivity index (χ1) is 6.91. The molecular weight excluding hydrogens is 174 g/mol. The lowest BCUT2D eigenvalue weighted by Crippen LogP contribution is -2.31. The van der Waals surface area contributed by atoms with Gasteiger partial charge in [0.1, 0.15) is 0 Å². The Morgan fingerprint density at radius 3 is 2.79 bits per heavy atom. The van der Waals surface area contributed by atoms with Crippen LogP contribution in [0.15, 0.2) is 0 Å². The topological polar surface area (TPSA) is 21.3 Å². The lowest BCUT2D eigenvalue weighted by atomic mass is 9.85. The molecule has 1 N–H and O–H groups in total. The standard InChI is InChI=1S/C12H21NO/c1-2-10(9-14-7-1)11-8-12(11)3-5-13-6-4-12/h10-11,13H,1-9H2. The minimum atomic E-state index is 0.761. The van der Waals surface area contributed by atoms with Gasteiger partial charge in [-0.2, -0.15) is 0 Å². The highest BCUT2D eigenvalue weighted by atomic mass is 16.5. The molecule has 14 heavy (non-hydrogen) atoms. The molecule has 0 aromatic carbocycles. The highest BCUT2D eigenvalue weighted by molar-refractivity contribution is 5.06. The zero-order chi connectivity index (χ0) is 9.43. The van der Waals surface area contributed by atoms with Gasteiger partial charge >= 0.3 is 0 Å². The first-order valence-corrected chi connectivity index (χ1v) is 6.19. The molecule has 0 amide bonds. The Morgan fingerprint density at radius 2 is 2.07 bits per heavy atom. The normalized spacial score (nSPS) is 41.1. The van der Waals surface area contributed by atoms with E-state index < -0.39 is 0 Å². The fourth-order valence-electron chi connectivity index (χ4n) is 3.63. The van der Waals surface area contributed by atoms with E-state index in [1.54, 1.807) is 0 Å². The summed E-state index contributed by atoms with van der Waals surface area (Å²) in [4.78, 5) is 0. The highest BCUT2D eigenvalue weighted by Gasteiger charge is 2.56. The number of rotatable bonds is 1. The van der Waals surface area contributed by atoms with Crippen LogP contribution in [0, 0.1) is 17.3 Å². The third-order valence-electron chi connectivity index (χ3n) is 4.62. The van der Waals surface area contributed by atoms with E-state index in [9.17, 15) is 0 Å². The summed E-state index contributed by atoms with van der Waals surface area (Å²) in [7, 11) is 0. The summed E-state index contributed by atoms with van der Waals surface area (Å²) < 4.78 is 5.60. The molecule has 0 radical (unpaired) electrons. The Morgan fingerprint density at radius 1 is 1.21 bits per heavy atom. The summed E-state index contributed by atoms with van der Waals surface area (Å²) in [5.74, 6) is 1.92. The lowest BCUT2D eigenvalue weighted by molar-refractivity contribution is 0.0386. The van der Waals surface area contributed by atoms with Crippen molar-refractivity contribution < 1.29 is 4.74 Å². The molecule has 3 aliphatic rings. The van der Waals surface area contributed by atoms with E-state index in [1.165, 1.54) is 45.2 Å². The van der Waals surface area contributed by atoms with Crippen molar-refractivity contribution in [3.05, 3.63) is 0 Å². The van der Waals surface area contributed by atoms with Gasteiger partial charge in [-0.05, 0) is 62.4 Å². The maximum atomic E-state index is 5.60. The largest absolute Gasteiger partial charge is 0.381 e. The van der Waals surface area contributed by atoms with E-state index >= 15 is 0 Å². The summed E-state index contributed by atoms with van der Waals surface area (Å²) in [5.41, 5.74) is 0.761. The second-order valence-corrected chi connectivity index (χ2v) is 5.40. The molecular formula is C12H21NO. The van der Waals surface area contributed by atoms with Crippen molar-refractivity contribution in [3.63, 3.8) is 0 Å². The second-order valence-electron chi connectivity index (χ2n) is 5.40. The summed E-state index contributed by atoms with van der Waals surface area (Å²) in [6.07, 6.45) is 7.08. The molecule has 2 nitrogen and oxygen atoms in total. The van der Waals surface area contributed by atoms with Crippen LogP contribution in [-0.4, -0.2) is 26.3 Å². The Balaban J connectivity index is 1.59. The number of nitrogens with one attached hydrogen (secondary N) is 1. The molecule has 1 aliphatic carbocycles. The van der Waals surface area contributed by atoms with Crippen molar-refractivity contribution in [1.29, 1.82) is 0 Å². The minimum Gasteiger partial charge on any atom is -0.381 e. The molecule has 2 heteroatoms. The van der Waals surface area contributed by atoms with Gasteiger partial charge in [0.15, 0.2) is 0 Å². The molecule has 2 heterocycles. The maximum Gasteiger partial charge on any atom is 0.0497 e. The first-order valence-electron chi connectivity index (χ1n) is 6.19. The average molecular weight is 195 g/mol. The predicted octanol–water partition coefficient (Wildman–Crippen LogP) is 1.80. The highest BCUT2D eigenvalue weighted by Crippen LogP contribution is 2.62. The smallest absolute Gasteiger partial charge is 0.0497 e. The van der Waals surface area contributed by atoms with Crippen molar-refractivity contribution in [2.24, 2.45) is 17.3 Å². The van der Waals surface area contributed by atoms with Gasteiger partial charge in [0.25, 0.3) is 0 Å².